The van der Waals surface area contributed by atoms with Crippen molar-refractivity contribution in [2.45, 2.75) is 44.7 Å². The van der Waals surface area contributed by atoms with Gasteiger partial charge in [0.2, 0.25) is 0 Å². The largest absolute Gasteiger partial charge is 0.366 e. The van der Waals surface area contributed by atoms with E-state index in [9.17, 15) is 0 Å². The van der Waals surface area contributed by atoms with Gasteiger partial charge in [-0.25, -0.2) is 9.50 Å². The Kier molecular flexibility index (Phi) is 3.15. The van der Waals surface area contributed by atoms with E-state index in [0.717, 1.165) is 17.2 Å². The molecule has 0 amide bonds. The molecule has 0 aromatic carbocycles. The SMILES string of the molecule is NCc1cn2nc(NC3CCCCC3)ccc2n1. The second-order valence-corrected chi connectivity index (χ2v) is 4.94. The summed E-state index contributed by atoms with van der Waals surface area (Å²) in [5.74, 6) is 0.926. The second-order valence-electron chi connectivity index (χ2n) is 4.94. The second kappa shape index (κ2) is 4.94. The summed E-state index contributed by atoms with van der Waals surface area (Å²) in [4.78, 5) is 4.37. The minimum absolute atomic E-state index is 0.453. The van der Waals surface area contributed by atoms with E-state index < -0.39 is 0 Å². The van der Waals surface area contributed by atoms with Crippen LogP contribution in [0.3, 0.4) is 0 Å². The highest BCUT2D eigenvalue weighted by atomic mass is 15.3. The van der Waals surface area contributed by atoms with Crippen LogP contribution >= 0.6 is 0 Å². The molecule has 1 aliphatic carbocycles. The average molecular weight is 245 g/mol. The number of nitrogens with zero attached hydrogens (tertiary/aromatic N) is 3. The topological polar surface area (TPSA) is 68.2 Å². The van der Waals surface area contributed by atoms with Crippen LogP contribution in [0.25, 0.3) is 5.65 Å². The van der Waals surface area contributed by atoms with Gasteiger partial charge in [-0.15, -0.1) is 5.10 Å². The Bertz CT molecular complexity index is 527. The van der Waals surface area contributed by atoms with Gasteiger partial charge in [0.15, 0.2) is 5.65 Å². The van der Waals surface area contributed by atoms with Gasteiger partial charge in [-0.3, -0.25) is 0 Å². The van der Waals surface area contributed by atoms with Crippen molar-refractivity contribution in [1.82, 2.24) is 14.6 Å². The summed E-state index contributed by atoms with van der Waals surface area (Å²) in [5, 5.41) is 8.03. The molecule has 0 saturated heterocycles. The molecule has 1 aliphatic rings. The summed E-state index contributed by atoms with van der Waals surface area (Å²) in [7, 11) is 0. The highest BCUT2D eigenvalue weighted by Crippen LogP contribution is 2.20. The fraction of sp³-hybridized carbons (Fsp3) is 0.538. The molecule has 2 aromatic heterocycles. The van der Waals surface area contributed by atoms with Crippen LogP contribution < -0.4 is 11.1 Å². The third-order valence-corrected chi connectivity index (χ3v) is 3.54. The number of hydrogen-bond donors (Lipinski definition) is 2. The van der Waals surface area contributed by atoms with Crippen molar-refractivity contribution in [3.63, 3.8) is 0 Å². The number of rotatable bonds is 3. The third kappa shape index (κ3) is 2.31. The maximum Gasteiger partial charge on any atom is 0.153 e. The van der Waals surface area contributed by atoms with E-state index in [-0.39, 0.29) is 0 Å². The number of aromatic nitrogens is 3. The fourth-order valence-corrected chi connectivity index (χ4v) is 2.56. The molecular formula is C13H19N5. The minimum atomic E-state index is 0.453. The van der Waals surface area contributed by atoms with E-state index in [1.165, 1.54) is 32.1 Å². The average Bonchev–Trinajstić information content (AvgIpc) is 2.82. The lowest BCUT2D eigenvalue weighted by atomic mass is 9.95. The lowest BCUT2D eigenvalue weighted by Crippen LogP contribution is -2.23. The Morgan fingerprint density at radius 1 is 1.28 bits per heavy atom. The van der Waals surface area contributed by atoms with Gasteiger partial charge >= 0.3 is 0 Å². The van der Waals surface area contributed by atoms with Crippen LogP contribution in [0.1, 0.15) is 37.8 Å². The first kappa shape index (κ1) is 11.5. The van der Waals surface area contributed by atoms with Crippen molar-refractivity contribution in [3.05, 3.63) is 24.0 Å². The first-order valence-electron chi connectivity index (χ1n) is 6.67. The zero-order valence-corrected chi connectivity index (χ0v) is 10.5. The van der Waals surface area contributed by atoms with E-state index >= 15 is 0 Å². The van der Waals surface area contributed by atoms with Crippen LogP contribution in [0, 0.1) is 0 Å². The number of anilines is 1. The Morgan fingerprint density at radius 3 is 2.89 bits per heavy atom. The predicted octanol–water partition coefficient (Wildman–Crippen LogP) is 1.93. The monoisotopic (exact) mass is 245 g/mol. The Balaban J connectivity index is 1.79. The Morgan fingerprint density at radius 2 is 2.11 bits per heavy atom. The maximum atomic E-state index is 5.58. The zero-order valence-electron chi connectivity index (χ0n) is 10.5. The fourth-order valence-electron chi connectivity index (χ4n) is 2.56. The van der Waals surface area contributed by atoms with Gasteiger partial charge in [0, 0.05) is 12.6 Å². The van der Waals surface area contributed by atoms with Gasteiger partial charge in [-0.1, -0.05) is 19.3 Å². The molecular weight excluding hydrogens is 226 g/mol. The van der Waals surface area contributed by atoms with Crippen molar-refractivity contribution in [2.75, 3.05) is 5.32 Å². The molecule has 18 heavy (non-hydrogen) atoms. The molecule has 3 N–H and O–H groups in total. The lowest BCUT2D eigenvalue weighted by molar-refractivity contribution is 0.461. The normalized spacial score (nSPS) is 17.2. The van der Waals surface area contributed by atoms with Crippen molar-refractivity contribution in [2.24, 2.45) is 5.73 Å². The molecule has 5 nitrogen and oxygen atoms in total. The van der Waals surface area contributed by atoms with E-state index in [0.29, 0.717) is 12.6 Å². The van der Waals surface area contributed by atoms with Gasteiger partial charge in [0.25, 0.3) is 0 Å². The summed E-state index contributed by atoms with van der Waals surface area (Å²) in [6.45, 7) is 0.453. The van der Waals surface area contributed by atoms with Crippen molar-refractivity contribution < 1.29 is 0 Å². The Labute approximate surface area is 106 Å². The highest BCUT2D eigenvalue weighted by Gasteiger charge is 2.13. The van der Waals surface area contributed by atoms with Crippen molar-refractivity contribution in [1.29, 1.82) is 0 Å². The molecule has 5 heteroatoms. The summed E-state index contributed by atoms with van der Waals surface area (Å²) < 4.78 is 1.80. The lowest BCUT2D eigenvalue weighted by Gasteiger charge is -2.23. The van der Waals surface area contributed by atoms with Gasteiger partial charge in [0.1, 0.15) is 5.82 Å². The number of nitrogens with two attached hydrogens (primary N) is 1. The molecule has 0 bridgehead atoms. The van der Waals surface area contributed by atoms with Crippen molar-refractivity contribution in [3.8, 4) is 0 Å². The number of fused-ring (bicyclic) bond motifs is 1. The highest BCUT2D eigenvalue weighted by molar-refractivity contribution is 5.45. The van der Waals surface area contributed by atoms with Crippen LogP contribution in [0.5, 0.6) is 0 Å². The smallest absolute Gasteiger partial charge is 0.153 e. The molecule has 3 rings (SSSR count). The molecule has 0 spiro atoms. The minimum Gasteiger partial charge on any atom is -0.366 e. The van der Waals surface area contributed by atoms with Crippen LogP contribution in [-0.2, 0) is 6.54 Å². The molecule has 0 atom stereocenters. The molecule has 2 aromatic rings. The quantitative estimate of drug-likeness (QED) is 0.867. The Hall–Kier alpha value is -1.62. The van der Waals surface area contributed by atoms with Crippen LogP contribution in [-0.4, -0.2) is 20.6 Å². The van der Waals surface area contributed by atoms with Gasteiger partial charge in [-0.05, 0) is 25.0 Å². The molecule has 1 fully saturated rings. The van der Waals surface area contributed by atoms with Crippen LogP contribution in [0.4, 0.5) is 5.82 Å². The van der Waals surface area contributed by atoms with Crippen LogP contribution in [0.15, 0.2) is 18.3 Å². The van der Waals surface area contributed by atoms with E-state index in [1.54, 1.807) is 4.52 Å². The third-order valence-electron chi connectivity index (χ3n) is 3.54. The first-order valence-corrected chi connectivity index (χ1v) is 6.67. The maximum absolute atomic E-state index is 5.58. The summed E-state index contributed by atoms with van der Waals surface area (Å²) in [5.41, 5.74) is 7.31. The van der Waals surface area contributed by atoms with Crippen LogP contribution in [0.2, 0.25) is 0 Å². The number of hydrogen-bond acceptors (Lipinski definition) is 4. The van der Waals surface area contributed by atoms with E-state index in [4.69, 9.17) is 5.73 Å². The molecule has 96 valence electrons. The van der Waals surface area contributed by atoms with E-state index in [2.05, 4.69) is 15.4 Å². The molecule has 1 saturated carbocycles. The summed E-state index contributed by atoms with van der Waals surface area (Å²) in [6, 6.07) is 4.55. The van der Waals surface area contributed by atoms with Gasteiger partial charge < -0.3 is 11.1 Å². The van der Waals surface area contributed by atoms with Gasteiger partial charge in [0.05, 0.1) is 11.9 Å². The molecule has 0 aliphatic heterocycles. The first-order chi connectivity index (χ1) is 8.85. The number of nitrogens with one attached hydrogen (secondary N) is 1. The summed E-state index contributed by atoms with van der Waals surface area (Å²) in [6.07, 6.45) is 8.40. The molecule has 0 unspecified atom stereocenters. The van der Waals surface area contributed by atoms with E-state index in [1.807, 2.05) is 18.3 Å². The summed E-state index contributed by atoms with van der Waals surface area (Å²) >= 11 is 0. The predicted molar refractivity (Wildman–Crippen MR) is 71.4 cm³/mol. The van der Waals surface area contributed by atoms with Crippen molar-refractivity contribution >= 4 is 11.5 Å². The number of imidazole rings is 1. The molecule has 2 heterocycles. The molecule has 0 radical (unpaired) electrons. The zero-order chi connectivity index (χ0) is 12.4. The van der Waals surface area contributed by atoms with Gasteiger partial charge in [-0.2, -0.15) is 0 Å². The standard InChI is InChI=1S/C13H19N5/c14-8-11-9-18-13(16-11)7-6-12(17-18)15-10-4-2-1-3-5-10/h6-7,9-10H,1-5,8,14H2,(H,15,17).